The third kappa shape index (κ3) is 2.65. The number of nitrogens with zero attached hydrogens (tertiary/aromatic N) is 2. The van der Waals surface area contributed by atoms with Gasteiger partial charge in [-0.05, 0) is 45.1 Å². The van der Waals surface area contributed by atoms with E-state index in [0.717, 1.165) is 18.5 Å². The van der Waals surface area contributed by atoms with Crippen molar-refractivity contribution in [2.45, 2.75) is 76.4 Å². The Balaban J connectivity index is 1.76. The van der Waals surface area contributed by atoms with Gasteiger partial charge >= 0.3 is 0 Å². The smallest absolute Gasteiger partial charge is 0.0338 e. The highest BCUT2D eigenvalue weighted by atomic mass is 15.3. The number of hydrogen-bond donors (Lipinski definition) is 1. The summed E-state index contributed by atoms with van der Waals surface area (Å²) in [4.78, 5) is 5.58. The highest BCUT2D eigenvalue weighted by Gasteiger charge is 2.45. The zero-order valence-corrected chi connectivity index (χ0v) is 13.5. The molecule has 3 fully saturated rings. The second-order valence-corrected chi connectivity index (χ2v) is 7.78. The Labute approximate surface area is 124 Å². The van der Waals surface area contributed by atoms with Gasteiger partial charge in [-0.25, -0.2) is 0 Å². The molecule has 0 aromatic heterocycles. The fourth-order valence-electron chi connectivity index (χ4n) is 5.21. The molecule has 0 amide bonds. The highest BCUT2D eigenvalue weighted by Crippen LogP contribution is 2.39. The van der Waals surface area contributed by atoms with E-state index in [9.17, 15) is 0 Å². The maximum absolute atomic E-state index is 6.31. The lowest BCUT2D eigenvalue weighted by Gasteiger charge is -2.56. The van der Waals surface area contributed by atoms with Crippen molar-refractivity contribution in [3.05, 3.63) is 0 Å². The Morgan fingerprint density at radius 1 is 1.10 bits per heavy atom. The Kier molecular flexibility index (Phi) is 4.40. The zero-order chi connectivity index (χ0) is 14.2. The summed E-state index contributed by atoms with van der Waals surface area (Å²) in [6, 6.07) is 1.49. The molecule has 3 heteroatoms. The van der Waals surface area contributed by atoms with E-state index in [1.165, 1.54) is 64.6 Å². The number of piperazine rings is 1. The van der Waals surface area contributed by atoms with Gasteiger partial charge in [0.05, 0.1) is 0 Å². The van der Waals surface area contributed by atoms with Crippen LogP contribution in [0.2, 0.25) is 0 Å². The van der Waals surface area contributed by atoms with Crippen molar-refractivity contribution in [3.8, 4) is 0 Å². The van der Waals surface area contributed by atoms with Crippen LogP contribution in [0.15, 0.2) is 0 Å². The van der Waals surface area contributed by atoms with Gasteiger partial charge in [-0.1, -0.05) is 26.2 Å². The molecular formula is C17H33N3. The monoisotopic (exact) mass is 279 g/mol. The van der Waals surface area contributed by atoms with E-state index in [1.807, 2.05) is 0 Å². The predicted octanol–water partition coefficient (Wildman–Crippen LogP) is 2.45. The average Bonchev–Trinajstić information content (AvgIpc) is 2.46. The molecule has 2 saturated heterocycles. The molecule has 4 atom stereocenters. The summed E-state index contributed by atoms with van der Waals surface area (Å²) in [5.41, 5.74) is 6.61. The Morgan fingerprint density at radius 3 is 2.70 bits per heavy atom. The molecule has 0 aromatic rings. The van der Waals surface area contributed by atoms with E-state index in [0.29, 0.717) is 11.6 Å². The second kappa shape index (κ2) is 5.94. The molecule has 3 nitrogen and oxygen atoms in total. The summed E-state index contributed by atoms with van der Waals surface area (Å²) in [7, 11) is 0. The lowest BCUT2D eigenvalue weighted by molar-refractivity contribution is -0.0646. The van der Waals surface area contributed by atoms with Gasteiger partial charge in [0, 0.05) is 37.3 Å². The molecule has 2 aliphatic heterocycles. The first kappa shape index (κ1) is 14.8. The van der Waals surface area contributed by atoms with E-state index in [2.05, 4.69) is 23.6 Å². The van der Waals surface area contributed by atoms with Gasteiger partial charge in [0.15, 0.2) is 0 Å². The molecule has 0 aromatic carbocycles. The van der Waals surface area contributed by atoms with Crippen LogP contribution in [0.3, 0.4) is 0 Å². The molecule has 0 radical (unpaired) electrons. The minimum absolute atomic E-state index is 0.306. The average molecular weight is 279 g/mol. The molecule has 116 valence electrons. The van der Waals surface area contributed by atoms with Gasteiger partial charge in [0.1, 0.15) is 0 Å². The molecule has 0 bridgehead atoms. The van der Waals surface area contributed by atoms with Crippen LogP contribution in [0.1, 0.15) is 58.8 Å². The quantitative estimate of drug-likeness (QED) is 0.843. The van der Waals surface area contributed by atoms with Crippen molar-refractivity contribution in [2.24, 2.45) is 11.7 Å². The summed E-state index contributed by atoms with van der Waals surface area (Å²) >= 11 is 0. The fourth-order valence-corrected chi connectivity index (χ4v) is 5.21. The summed E-state index contributed by atoms with van der Waals surface area (Å²) < 4.78 is 0. The van der Waals surface area contributed by atoms with Crippen molar-refractivity contribution in [1.82, 2.24) is 9.80 Å². The largest absolute Gasteiger partial charge is 0.329 e. The molecule has 0 spiro atoms. The summed E-state index contributed by atoms with van der Waals surface area (Å²) in [5, 5.41) is 0. The number of rotatable bonds is 2. The first-order valence-corrected chi connectivity index (χ1v) is 8.85. The van der Waals surface area contributed by atoms with Gasteiger partial charge < -0.3 is 5.73 Å². The van der Waals surface area contributed by atoms with Gasteiger partial charge in [0.25, 0.3) is 0 Å². The molecule has 1 aliphatic carbocycles. The topological polar surface area (TPSA) is 32.5 Å². The van der Waals surface area contributed by atoms with Crippen molar-refractivity contribution >= 4 is 0 Å². The van der Waals surface area contributed by atoms with Crippen LogP contribution in [0.4, 0.5) is 0 Å². The molecular weight excluding hydrogens is 246 g/mol. The lowest BCUT2D eigenvalue weighted by atomic mass is 9.74. The van der Waals surface area contributed by atoms with Crippen LogP contribution in [0.5, 0.6) is 0 Å². The summed E-state index contributed by atoms with van der Waals surface area (Å²) in [6.07, 6.45) is 9.65. The van der Waals surface area contributed by atoms with E-state index in [-0.39, 0.29) is 0 Å². The Bertz CT molecular complexity index is 332. The minimum Gasteiger partial charge on any atom is -0.329 e. The molecule has 2 N–H and O–H groups in total. The van der Waals surface area contributed by atoms with Crippen LogP contribution in [0.25, 0.3) is 0 Å². The Morgan fingerprint density at radius 2 is 1.95 bits per heavy atom. The minimum atomic E-state index is 0.306. The second-order valence-electron chi connectivity index (χ2n) is 7.78. The third-order valence-electron chi connectivity index (χ3n) is 6.24. The third-order valence-corrected chi connectivity index (χ3v) is 6.24. The van der Waals surface area contributed by atoms with Crippen molar-refractivity contribution in [1.29, 1.82) is 0 Å². The van der Waals surface area contributed by atoms with E-state index >= 15 is 0 Å². The van der Waals surface area contributed by atoms with Crippen molar-refractivity contribution in [3.63, 3.8) is 0 Å². The standard InChI is InChI=1S/C17H33N3/c1-14-6-5-8-17(10-14,13-18)20-12-16-7-3-4-9-19(16)11-15(20)2/h14-16H,3-13,18H2,1-2H3. The summed E-state index contributed by atoms with van der Waals surface area (Å²) in [5.74, 6) is 0.851. The number of fused-ring (bicyclic) bond motifs is 1. The van der Waals surface area contributed by atoms with Gasteiger partial charge in [-0.2, -0.15) is 0 Å². The van der Waals surface area contributed by atoms with Gasteiger partial charge in [-0.15, -0.1) is 0 Å². The fraction of sp³-hybridized carbons (Fsp3) is 1.00. The highest BCUT2D eigenvalue weighted by molar-refractivity contribution is 5.02. The number of hydrogen-bond acceptors (Lipinski definition) is 3. The van der Waals surface area contributed by atoms with Gasteiger partial charge in [-0.3, -0.25) is 9.80 Å². The molecule has 1 saturated carbocycles. The van der Waals surface area contributed by atoms with Crippen LogP contribution < -0.4 is 5.73 Å². The summed E-state index contributed by atoms with van der Waals surface area (Å²) in [6.45, 7) is 9.57. The zero-order valence-electron chi connectivity index (χ0n) is 13.5. The number of piperidine rings is 1. The van der Waals surface area contributed by atoms with Crippen LogP contribution in [-0.4, -0.2) is 53.6 Å². The molecule has 3 rings (SSSR count). The molecule has 3 aliphatic rings. The molecule has 2 heterocycles. The Hall–Kier alpha value is -0.120. The lowest BCUT2D eigenvalue weighted by Crippen LogP contribution is -2.68. The number of nitrogens with two attached hydrogens (primary N) is 1. The van der Waals surface area contributed by atoms with Crippen molar-refractivity contribution < 1.29 is 0 Å². The maximum atomic E-state index is 6.31. The van der Waals surface area contributed by atoms with Crippen molar-refractivity contribution in [2.75, 3.05) is 26.2 Å². The normalized spacial score (nSPS) is 44.2. The van der Waals surface area contributed by atoms with Gasteiger partial charge in [0.2, 0.25) is 0 Å². The molecule has 20 heavy (non-hydrogen) atoms. The molecule has 4 unspecified atom stereocenters. The van der Waals surface area contributed by atoms with E-state index in [4.69, 9.17) is 5.73 Å². The van der Waals surface area contributed by atoms with Crippen LogP contribution in [-0.2, 0) is 0 Å². The first-order chi connectivity index (χ1) is 9.64. The van der Waals surface area contributed by atoms with E-state index in [1.54, 1.807) is 0 Å². The maximum Gasteiger partial charge on any atom is 0.0338 e. The first-order valence-electron chi connectivity index (χ1n) is 8.85. The predicted molar refractivity (Wildman–Crippen MR) is 84.8 cm³/mol. The van der Waals surface area contributed by atoms with Crippen LogP contribution >= 0.6 is 0 Å². The van der Waals surface area contributed by atoms with E-state index < -0.39 is 0 Å². The van der Waals surface area contributed by atoms with Crippen LogP contribution in [0, 0.1) is 5.92 Å². The SMILES string of the molecule is CC1CCCC(CN)(N2CC3CCCCN3CC2C)C1.